The van der Waals surface area contributed by atoms with Gasteiger partial charge in [0.25, 0.3) is 0 Å². The van der Waals surface area contributed by atoms with Crippen molar-refractivity contribution in [1.29, 1.82) is 0 Å². The van der Waals surface area contributed by atoms with E-state index in [1.54, 1.807) is 6.92 Å². The van der Waals surface area contributed by atoms with Crippen molar-refractivity contribution in [2.75, 3.05) is 6.54 Å². The summed E-state index contributed by atoms with van der Waals surface area (Å²) in [6.45, 7) is 4.36. The average Bonchev–Trinajstić information content (AvgIpc) is 3.18. The molecule has 1 aromatic carbocycles. The van der Waals surface area contributed by atoms with Gasteiger partial charge in [-0.25, -0.2) is 4.39 Å². The third-order valence-electron chi connectivity index (χ3n) is 4.19. The van der Waals surface area contributed by atoms with Crippen LogP contribution < -0.4 is 11.1 Å². The highest BCUT2D eigenvalue weighted by Crippen LogP contribution is 2.47. The zero-order chi connectivity index (χ0) is 14.8. The normalized spacial score (nSPS) is 18.3. The van der Waals surface area contributed by atoms with Crippen molar-refractivity contribution < 1.29 is 9.18 Å². The molecule has 0 aromatic heterocycles. The Bertz CT molecular complexity index is 484. The molecule has 1 fully saturated rings. The fourth-order valence-corrected chi connectivity index (χ4v) is 2.61. The molecule has 0 saturated heterocycles. The number of halogens is 2. The van der Waals surface area contributed by atoms with Gasteiger partial charge in [0, 0.05) is 12.0 Å². The maximum atomic E-state index is 13.0. The highest BCUT2D eigenvalue weighted by molar-refractivity contribution is 5.85. The molecular weight excluding hydrogens is 291 g/mol. The summed E-state index contributed by atoms with van der Waals surface area (Å²) >= 11 is 0. The van der Waals surface area contributed by atoms with Crippen LogP contribution in [0.2, 0.25) is 0 Å². The number of benzene rings is 1. The summed E-state index contributed by atoms with van der Waals surface area (Å²) < 4.78 is 13.0. The second-order valence-corrected chi connectivity index (χ2v) is 6.14. The maximum Gasteiger partial charge on any atom is 0.239 e. The molecule has 5 heteroatoms. The predicted octanol–water partition coefficient (Wildman–Crippen LogP) is 2.91. The van der Waals surface area contributed by atoms with Crippen LogP contribution in [-0.2, 0) is 10.2 Å². The van der Waals surface area contributed by atoms with Gasteiger partial charge in [0.2, 0.25) is 5.91 Å². The minimum absolute atomic E-state index is 0. The molecule has 1 aromatic rings. The van der Waals surface area contributed by atoms with Gasteiger partial charge in [-0.3, -0.25) is 4.79 Å². The fraction of sp³-hybridized carbons (Fsp3) is 0.562. The Labute approximate surface area is 131 Å². The van der Waals surface area contributed by atoms with E-state index in [0.29, 0.717) is 13.0 Å². The van der Waals surface area contributed by atoms with Crippen molar-refractivity contribution >= 4 is 18.3 Å². The molecule has 1 aliphatic carbocycles. The van der Waals surface area contributed by atoms with Crippen LogP contribution in [0.15, 0.2) is 24.3 Å². The average molecular weight is 315 g/mol. The molecule has 0 heterocycles. The second-order valence-electron chi connectivity index (χ2n) is 6.14. The summed E-state index contributed by atoms with van der Waals surface area (Å²) in [6.07, 6.45) is 3.59. The SMILES string of the molecule is CCCC(C)(N)C(=O)NCC1(c2ccc(F)cc2)CC1.Cl. The van der Waals surface area contributed by atoms with Crippen molar-refractivity contribution in [3.63, 3.8) is 0 Å². The Morgan fingerprint density at radius 1 is 1.38 bits per heavy atom. The largest absolute Gasteiger partial charge is 0.354 e. The van der Waals surface area contributed by atoms with Crippen LogP contribution in [-0.4, -0.2) is 18.0 Å². The topological polar surface area (TPSA) is 55.1 Å². The maximum absolute atomic E-state index is 13.0. The van der Waals surface area contributed by atoms with E-state index in [2.05, 4.69) is 5.32 Å². The van der Waals surface area contributed by atoms with Crippen LogP contribution in [0.25, 0.3) is 0 Å². The molecule has 1 saturated carbocycles. The van der Waals surface area contributed by atoms with E-state index in [9.17, 15) is 9.18 Å². The van der Waals surface area contributed by atoms with Gasteiger partial charge < -0.3 is 11.1 Å². The van der Waals surface area contributed by atoms with E-state index in [-0.39, 0.29) is 29.5 Å². The molecule has 1 amide bonds. The van der Waals surface area contributed by atoms with E-state index in [4.69, 9.17) is 5.73 Å². The Morgan fingerprint density at radius 3 is 2.43 bits per heavy atom. The molecule has 0 bridgehead atoms. The minimum atomic E-state index is -0.812. The molecule has 2 rings (SSSR count). The lowest BCUT2D eigenvalue weighted by atomic mass is 9.93. The summed E-state index contributed by atoms with van der Waals surface area (Å²) in [4.78, 5) is 12.1. The van der Waals surface area contributed by atoms with Crippen molar-refractivity contribution in [1.82, 2.24) is 5.32 Å². The van der Waals surface area contributed by atoms with Gasteiger partial charge in [-0.15, -0.1) is 12.4 Å². The number of hydrogen-bond donors (Lipinski definition) is 2. The molecular formula is C16H24ClFN2O. The van der Waals surface area contributed by atoms with Crippen LogP contribution in [0.3, 0.4) is 0 Å². The highest BCUT2D eigenvalue weighted by atomic mass is 35.5. The van der Waals surface area contributed by atoms with Gasteiger partial charge in [-0.05, 0) is 43.9 Å². The number of amides is 1. The zero-order valence-electron chi connectivity index (χ0n) is 12.6. The molecule has 118 valence electrons. The first-order valence-electron chi connectivity index (χ1n) is 7.23. The monoisotopic (exact) mass is 314 g/mol. The molecule has 21 heavy (non-hydrogen) atoms. The lowest BCUT2D eigenvalue weighted by molar-refractivity contribution is -0.126. The molecule has 0 spiro atoms. The van der Waals surface area contributed by atoms with Crippen LogP contribution in [0, 0.1) is 5.82 Å². The Balaban J connectivity index is 0.00000220. The lowest BCUT2D eigenvalue weighted by Crippen LogP contribution is -2.52. The first-order valence-corrected chi connectivity index (χ1v) is 7.23. The number of rotatable bonds is 6. The number of hydrogen-bond acceptors (Lipinski definition) is 2. The van der Waals surface area contributed by atoms with Crippen molar-refractivity contribution in [2.45, 2.75) is 50.5 Å². The highest BCUT2D eigenvalue weighted by Gasteiger charge is 2.45. The number of nitrogens with one attached hydrogen (secondary N) is 1. The first kappa shape index (κ1) is 17.9. The lowest BCUT2D eigenvalue weighted by Gasteiger charge is -2.25. The Hall–Kier alpha value is -1.13. The number of nitrogens with two attached hydrogens (primary N) is 1. The van der Waals surface area contributed by atoms with Gasteiger partial charge >= 0.3 is 0 Å². The zero-order valence-corrected chi connectivity index (χ0v) is 13.4. The molecule has 0 radical (unpaired) electrons. The summed E-state index contributed by atoms with van der Waals surface area (Å²) in [5, 5.41) is 2.97. The van der Waals surface area contributed by atoms with E-state index in [1.807, 2.05) is 19.1 Å². The fourth-order valence-electron chi connectivity index (χ4n) is 2.61. The van der Waals surface area contributed by atoms with Crippen LogP contribution in [0.4, 0.5) is 4.39 Å². The smallest absolute Gasteiger partial charge is 0.239 e. The summed E-state index contributed by atoms with van der Waals surface area (Å²) in [5.74, 6) is -0.334. The van der Waals surface area contributed by atoms with Crippen molar-refractivity contribution in [3.8, 4) is 0 Å². The third-order valence-corrected chi connectivity index (χ3v) is 4.19. The van der Waals surface area contributed by atoms with Gasteiger partial charge in [0.15, 0.2) is 0 Å². The molecule has 1 aliphatic rings. The number of carbonyl (C=O) groups is 1. The van der Waals surface area contributed by atoms with Crippen LogP contribution >= 0.6 is 12.4 Å². The van der Waals surface area contributed by atoms with Crippen molar-refractivity contribution in [2.24, 2.45) is 5.73 Å². The van der Waals surface area contributed by atoms with E-state index < -0.39 is 5.54 Å². The molecule has 1 atom stereocenters. The Kier molecular flexibility index (Phi) is 5.76. The van der Waals surface area contributed by atoms with Gasteiger partial charge in [0.05, 0.1) is 5.54 Å². The molecule has 3 N–H and O–H groups in total. The van der Waals surface area contributed by atoms with Crippen LogP contribution in [0.5, 0.6) is 0 Å². The Morgan fingerprint density at radius 2 is 1.95 bits per heavy atom. The van der Waals surface area contributed by atoms with Gasteiger partial charge in [0.1, 0.15) is 5.82 Å². The predicted molar refractivity (Wildman–Crippen MR) is 85.1 cm³/mol. The van der Waals surface area contributed by atoms with E-state index in [1.165, 1.54) is 12.1 Å². The standard InChI is InChI=1S/C16H23FN2O.ClH/c1-3-8-15(2,18)14(20)19-11-16(9-10-16)12-4-6-13(17)7-5-12;/h4-7H,3,8-11,18H2,1-2H3,(H,19,20);1H. The van der Waals surface area contributed by atoms with Crippen LogP contribution in [0.1, 0.15) is 45.1 Å². The molecule has 1 unspecified atom stereocenters. The number of carbonyl (C=O) groups excluding carboxylic acids is 1. The molecule has 0 aliphatic heterocycles. The quantitative estimate of drug-likeness (QED) is 0.848. The second kappa shape index (κ2) is 6.75. The van der Waals surface area contributed by atoms with E-state index in [0.717, 1.165) is 24.8 Å². The van der Waals surface area contributed by atoms with Crippen molar-refractivity contribution in [3.05, 3.63) is 35.6 Å². The first-order chi connectivity index (χ1) is 9.39. The summed E-state index contributed by atoms with van der Waals surface area (Å²) in [5.41, 5.74) is 6.27. The minimum Gasteiger partial charge on any atom is -0.354 e. The summed E-state index contributed by atoms with van der Waals surface area (Å²) in [6, 6.07) is 6.56. The third kappa shape index (κ3) is 4.17. The van der Waals surface area contributed by atoms with E-state index >= 15 is 0 Å². The summed E-state index contributed by atoms with van der Waals surface area (Å²) in [7, 11) is 0. The van der Waals surface area contributed by atoms with Gasteiger partial charge in [-0.2, -0.15) is 0 Å². The van der Waals surface area contributed by atoms with Gasteiger partial charge in [-0.1, -0.05) is 25.5 Å². The molecule has 3 nitrogen and oxygen atoms in total.